The fraction of sp³-hybridized carbons (Fsp3) is 0.933. The second-order valence-corrected chi connectivity index (χ2v) is 6.34. The average molecular weight is 252 g/mol. The van der Waals surface area contributed by atoms with E-state index in [1.807, 2.05) is 0 Å². The van der Waals surface area contributed by atoms with Gasteiger partial charge in [-0.25, -0.2) is 0 Å². The molecule has 1 amide bonds. The van der Waals surface area contributed by atoms with Gasteiger partial charge < -0.3 is 10.6 Å². The predicted molar refractivity (Wildman–Crippen MR) is 74.3 cm³/mol. The van der Waals surface area contributed by atoms with E-state index in [0.717, 1.165) is 44.8 Å². The molecule has 1 aliphatic heterocycles. The van der Waals surface area contributed by atoms with Crippen LogP contribution in [0.4, 0.5) is 0 Å². The van der Waals surface area contributed by atoms with Crippen molar-refractivity contribution in [3.63, 3.8) is 0 Å². The van der Waals surface area contributed by atoms with Gasteiger partial charge in [0.15, 0.2) is 0 Å². The first-order valence-electron chi connectivity index (χ1n) is 7.67. The number of rotatable bonds is 5. The van der Waals surface area contributed by atoms with Crippen LogP contribution in [-0.4, -0.2) is 25.5 Å². The Morgan fingerprint density at radius 3 is 2.83 bits per heavy atom. The van der Waals surface area contributed by atoms with Crippen LogP contribution in [0.1, 0.15) is 52.4 Å². The third-order valence-corrected chi connectivity index (χ3v) is 5.02. The molecule has 1 saturated carbocycles. The highest BCUT2D eigenvalue weighted by Gasteiger charge is 2.40. The molecule has 1 aliphatic carbocycles. The van der Waals surface area contributed by atoms with E-state index in [4.69, 9.17) is 0 Å². The van der Waals surface area contributed by atoms with Crippen molar-refractivity contribution >= 4 is 5.91 Å². The standard InChI is InChI=1S/C15H28N2O/c1-3-7-15(8-9-16-11-15)14(18)17-10-13-6-4-5-12(13)2/h12-13,16H,3-11H2,1-2H3,(H,17,18). The van der Waals surface area contributed by atoms with E-state index in [2.05, 4.69) is 24.5 Å². The summed E-state index contributed by atoms with van der Waals surface area (Å²) < 4.78 is 0. The monoisotopic (exact) mass is 252 g/mol. The summed E-state index contributed by atoms with van der Waals surface area (Å²) in [4.78, 5) is 12.5. The van der Waals surface area contributed by atoms with Gasteiger partial charge in [0.2, 0.25) is 5.91 Å². The molecule has 2 fully saturated rings. The van der Waals surface area contributed by atoms with Crippen molar-refractivity contribution in [1.82, 2.24) is 10.6 Å². The van der Waals surface area contributed by atoms with Crippen LogP contribution < -0.4 is 10.6 Å². The number of amides is 1. The Bertz CT molecular complexity index is 284. The van der Waals surface area contributed by atoms with E-state index < -0.39 is 0 Å². The van der Waals surface area contributed by atoms with E-state index in [0.29, 0.717) is 11.8 Å². The van der Waals surface area contributed by atoms with Gasteiger partial charge in [0, 0.05) is 13.1 Å². The van der Waals surface area contributed by atoms with Gasteiger partial charge in [-0.2, -0.15) is 0 Å². The minimum atomic E-state index is -0.114. The molecule has 0 bridgehead atoms. The van der Waals surface area contributed by atoms with E-state index in [1.165, 1.54) is 19.3 Å². The zero-order chi connectivity index (χ0) is 13.0. The van der Waals surface area contributed by atoms with Gasteiger partial charge in [0.1, 0.15) is 0 Å². The Balaban J connectivity index is 1.85. The number of nitrogens with one attached hydrogen (secondary N) is 2. The van der Waals surface area contributed by atoms with Crippen molar-refractivity contribution < 1.29 is 4.79 Å². The first-order valence-corrected chi connectivity index (χ1v) is 7.67. The molecule has 2 N–H and O–H groups in total. The number of carbonyl (C=O) groups excluding carboxylic acids is 1. The number of carbonyl (C=O) groups is 1. The highest BCUT2D eigenvalue weighted by atomic mass is 16.2. The molecule has 0 aromatic carbocycles. The Kier molecular flexibility index (Phi) is 4.66. The molecule has 3 atom stereocenters. The summed E-state index contributed by atoms with van der Waals surface area (Å²) >= 11 is 0. The third kappa shape index (κ3) is 2.87. The van der Waals surface area contributed by atoms with Crippen molar-refractivity contribution in [1.29, 1.82) is 0 Å². The van der Waals surface area contributed by atoms with Gasteiger partial charge in [-0.3, -0.25) is 4.79 Å². The van der Waals surface area contributed by atoms with Gasteiger partial charge in [-0.1, -0.05) is 33.1 Å². The second kappa shape index (κ2) is 6.05. The molecule has 3 nitrogen and oxygen atoms in total. The second-order valence-electron chi connectivity index (χ2n) is 6.34. The predicted octanol–water partition coefficient (Wildman–Crippen LogP) is 2.32. The molecule has 3 heteroatoms. The lowest BCUT2D eigenvalue weighted by Crippen LogP contribution is -2.44. The van der Waals surface area contributed by atoms with Crippen LogP contribution in [-0.2, 0) is 4.79 Å². The van der Waals surface area contributed by atoms with E-state index in [-0.39, 0.29) is 5.41 Å². The molecule has 1 heterocycles. The highest BCUT2D eigenvalue weighted by molar-refractivity contribution is 5.83. The Hall–Kier alpha value is -0.570. The van der Waals surface area contributed by atoms with Crippen molar-refractivity contribution in [3.8, 4) is 0 Å². The van der Waals surface area contributed by atoms with Crippen molar-refractivity contribution in [3.05, 3.63) is 0 Å². The molecule has 0 aromatic rings. The topological polar surface area (TPSA) is 41.1 Å². The summed E-state index contributed by atoms with van der Waals surface area (Å²) in [5, 5.41) is 6.60. The minimum Gasteiger partial charge on any atom is -0.355 e. The molecule has 0 spiro atoms. The molecule has 1 saturated heterocycles. The minimum absolute atomic E-state index is 0.114. The van der Waals surface area contributed by atoms with Crippen LogP contribution in [0, 0.1) is 17.3 Å². The molecule has 3 unspecified atom stereocenters. The molecule has 0 radical (unpaired) electrons. The quantitative estimate of drug-likeness (QED) is 0.788. The largest absolute Gasteiger partial charge is 0.355 e. The zero-order valence-corrected chi connectivity index (χ0v) is 11.9. The third-order valence-electron chi connectivity index (χ3n) is 5.02. The molecule has 104 valence electrons. The Morgan fingerprint density at radius 2 is 2.28 bits per heavy atom. The van der Waals surface area contributed by atoms with Gasteiger partial charge in [0.25, 0.3) is 0 Å². The lowest BCUT2D eigenvalue weighted by Gasteiger charge is -2.27. The van der Waals surface area contributed by atoms with Gasteiger partial charge >= 0.3 is 0 Å². The van der Waals surface area contributed by atoms with Gasteiger partial charge in [0.05, 0.1) is 5.41 Å². The summed E-state index contributed by atoms with van der Waals surface area (Å²) in [6.07, 6.45) is 7.08. The summed E-state index contributed by atoms with van der Waals surface area (Å²) in [6.45, 7) is 7.25. The van der Waals surface area contributed by atoms with Crippen LogP contribution in [0.25, 0.3) is 0 Å². The summed E-state index contributed by atoms with van der Waals surface area (Å²) in [6, 6.07) is 0. The SMILES string of the molecule is CCCC1(C(=O)NCC2CCCC2C)CCNC1. The Morgan fingerprint density at radius 1 is 1.44 bits per heavy atom. The smallest absolute Gasteiger partial charge is 0.227 e. The first-order chi connectivity index (χ1) is 8.68. The van der Waals surface area contributed by atoms with Crippen LogP contribution in [0.15, 0.2) is 0 Å². The van der Waals surface area contributed by atoms with Crippen molar-refractivity contribution in [2.45, 2.75) is 52.4 Å². The number of hydrogen-bond acceptors (Lipinski definition) is 2. The summed E-state index contributed by atoms with van der Waals surface area (Å²) in [5.41, 5.74) is -0.114. The maximum absolute atomic E-state index is 12.5. The molecule has 18 heavy (non-hydrogen) atoms. The van der Waals surface area contributed by atoms with Gasteiger partial charge in [-0.05, 0) is 37.6 Å². The maximum Gasteiger partial charge on any atom is 0.227 e. The van der Waals surface area contributed by atoms with Gasteiger partial charge in [-0.15, -0.1) is 0 Å². The lowest BCUT2D eigenvalue weighted by atomic mass is 9.81. The summed E-state index contributed by atoms with van der Waals surface area (Å²) in [7, 11) is 0. The van der Waals surface area contributed by atoms with E-state index in [9.17, 15) is 4.79 Å². The molecule has 0 aromatic heterocycles. The average Bonchev–Trinajstić information content (AvgIpc) is 2.97. The highest BCUT2D eigenvalue weighted by Crippen LogP contribution is 2.33. The van der Waals surface area contributed by atoms with E-state index in [1.54, 1.807) is 0 Å². The van der Waals surface area contributed by atoms with Crippen molar-refractivity contribution in [2.75, 3.05) is 19.6 Å². The Labute approximate surface area is 111 Å². The van der Waals surface area contributed by atoms with Crippen molar-refractivity contribution in [2.24, 2.45) is 17.3 Å². The first kappa shape index (κ1) is 13.9. The fourth-order valence-corrected chi connectivity index (χ4v) is 3.68. The molecular weight excluding hydrogens is 224 g/mol. The van der Waals surface area contributed by atoms with Crippen LogP contribution in [0.3, 0.4) is 0 Å². The molecular formula is C15H28N2O. The van der Waals surface area contributed by atoms with Crippen LogP contribution >= 0.6 is 0 Å². The van der Waals surface area contributed by atoms with Crippen LogP contribution in [0.5, 0.6) is 0 Å². The molecule has 2 rings (SSSR count). The fourth-order valence-electron chi connectivity index (χ4n) is 3.68. The summed E-state index contributed by atoms with van der Waals surface area (Å²) in [5.74, 6) is 1.80. The van der Waals surface area contributed by atoms with Crippen LogP contribution in [0.2, 0.25) is 0 Å². The zero-order valence-electron chi connectivity index (χ0n) is 11.9. The van der Waals surface area contributed by atoms with E-state index >= 15 is 0 Å². The maximum atomic E-state index is 12.5. The lowest BCUT2D eigenvalue weighted by molar-refractivity contribution is -0.130. The number of hydrogen-bond donors (Lipinski definition) is 2. The normalized spacial score (nSPS) is 35.9. The molecule has 2 aliphatic rings.